The molecule has 1 saturated carbocycles. The maximum Gasteiger partial charge on any atom is 0.222 e. The molecule has 0 heterocycles. The van der Waals surface area contributed by atoms with Crippen LogP contribution in [0.3, 0.4) is 0 Å². The van der Waals surface area contributed by atoms with Gasteiger partial charge >= 0.3 is 0 Å². The van der Waals surface area contributed by atoms with Crippen LogP contribution >= 0.6 is 12.4 Å². The van der Waals surface area contributed by atoms with Crippen LogP contribution in [0.1, 0.15) is 65.2 Å². The van der Waals surface area contributed by atoms with Crippen LogP contribution in [-0.2, 0) is 4.79 Å². The molecule has 0 saturated heterocycles. The first-order chi connectivity index (χ1) is 9.00. The van der Waals surface area contributed by atoms with E-state index >= 15 is 0 Å². The van der Waals surface area contributed by atoms with E-state index in [0.717, 1.165) is 31.7 Å². The van der Waals surface area contributed by atoms with Crippen molar-refractivity contribution in [1.82, 2.24) is 4.90 Å². The second-order valence-electron chi connectivity index (χ2n) is 6.55. The molecule has 0 bridgehead atoms. The Morgan fingerprint density at radius 2 is 1.85 bits per heavy atom. The summed E-state index contributed by atoms with van der Waals surface area (Å²) in [6.45, 7) is 5.06. The molecule has 1 amide bonds. The summed E-state index contributed by atoms with van der Waals surface area (Å²) < 4.78 is 0. The zero-order valence-corrected chi connectivity index (χ0v) is 14.3. The summed E-state index contributed by atoms with van der Waals surface area (Å²) in [6.07, 6.45) is 9.47. The highest BCUT2D eigenvalue weighted by Gasteiger charge is 2.17. The van der Waals surface area contributed by atoms with Gasteiger partial charge in [0.05, 0.1) is 0 Å². The maximum absolute atomic E-state index is 12.1. The van der Waals surface area contributed by atoms with Crippen molar-refractivity contribution in [2.45, 2.75) is 71.3 Å². The van der Waals surface area contributed by atoms with Crippen molar-refractivity contribution in [1.29, 1.82) is 0 Å². The number of nitrogens with zero attached hydrogens (tertiary/aromatic N) is 1. The number of rotatable bonds is 7. The topological polar surface area (TPSA) is 46.3 Å². The largest absolute Gasteiger partial charge is 0.346 e. The molecule has 1 unspecified atom stereocenters. The van der Waals surface area contributed by atoms with Gasteiger partial charge in [0.2, 0.25) is 5.91 Å². The van der Waals surface area contributed by atoms with E-state index in [9.17, 15) is 4.79 Å². The van der Waals surface area contributed by atoms with Crippen LogP contribution in [-0.4, -0.2) is 30.4 Å². The van der Waals surface area contributed by atoms with E-state index in [4.69, 9.17) is 5.73 Å². The fourth-order valence-electron chi connectivity index (χ4n) is 2.80. The Morgan fingerprint density at radius 1 is 1.25 bits per heavy atom. The van der Waals surface area contributed by atoms with Crippen molar-refractivity contribution < 1.29 is 4.79 Å². The van der Waals surface area contributed by atoms with Crippen molar-refractivity contribution in [2.75, 3.05) is 13.6 Å². The summed E-state index contributed by atoms with van der Waals surface area (Å²) in [6, 6.07) is 0.202. The summed E-state index contributed by atoms with van der Waals surface area (Å²) in [5.41, 5.74) is 6.02. The normalized spacial score (nSPS) is 17.6. The van der Waals surface area contributed by atoms with Crippen LogP contribution < -0.4 is 5.73 Å². The van der Waals surface area contributed by atoms with E-state index < -0.39 is 0 Å². The number of hydrogen-bond donors (Lipinski definition) is 1. The van der Waals surface area contributed by atoms with Crippen LogP contribution in [0.4, 0.5) is 0 Å². The van der Waals surface area contributed by atoms with E-state index in [2.05, 4.69) is 13.8 Å². The lowest BCUT2D eigenvalue weighted by atomic mass is 9.86. The van der Waals surface area contributed by atoms with Crippen LogP contribution in [0.25, 0.3) is 0 Å². The Bertz CT molecular complexity index is 265. The van der Waals surface area contributed by atoms with Crippen molar-refractivity contribution in [3.8, 4) is 0 Å². The maximum atomic E-state index is 12.1. The van der Waals surface area contributed by atoms with Crippen LogP contribution in [0.15, 0.2) is 0 Å². The Balaban J connectivity index is 0.00000361. The van der Waals surface area contributed by atoms with E-state index in [1.807, 2.05) is 11.9 Å². The van der Waals surface area contributed by atoms with Gasteiger partial charge < -0.3 is 10.6 Å². The smallest absolute Gasteiger partial charge is 0.222 e. The lowest BCUT2D eigenvalue weighted by Gasteiger charge is -2.24. The van der Waals surface area contributed by atoms with Gasteiger partial charge in [-0.05, 0) is 24.7 Å². The van der Waals surface area contributed by atoms with Crippen molar-refractivity contribution in [3.63, 3.8) is 0 Å². The highest BCUT2D eigenvalue weighted by molar-refractivity contribution is 5.85. The van der Waals surface area contributed by atoms with Gasteiger partial charge in [0.25, 0.3) is 0 Å². The number of carbonyl (C=O) groups excluding carboxylic acids is 1. The minimum absolute atomic E-state index is 0. The zero-order valence-electron chi connectivity index (χ0n) is 13.4. The zero-order chi connectivity index (χ0) is 14.3. The highest BCUT2D eigenvalue weighted by atomic mass is 35.5. The first-order valence-electron chi connectivity index (χ1n) is 8.00. The third-order valence-corrected chi connectivity index (χ3v) is 4.57. The molecule has 20 heavy (non-hydrogen) atoms. The number of hydrogen-bond acceptors (Lipinski definition) is 2. The van der Waals surface area contributed by atoms with Gasteiger partial charge in [0.1, 0.15) is 0 Å². The first kappa shape index (κ1) is 19.7. The van der Waals surface area contributed by atoms with Crippen LogP contribution in [0, 0.1) is 11.8 Å². The summed E-state index contributed by atoms with van der Waals surface area (Å²) in [7, 11) is 1.91. The molecule has 1 rings (SSSR count). The van der Waals surface area contributed by atoms with Gasteiger partial charge in [-0.25, -0.2) is 0 Å². The van der Waals surface area contributed by atoms with Crippen molar-refractivity contribution in [3.05, 3.63) is 0 Å². The van der Waals surface area contributed by atoms with Crippen molar-refractivity contribution in [2.24, 2.45) is 17.6 Å². The third-order valence-electron chi connectivity index (χ3n) is 4.57. The predicted molar refractivity (Wildman–Crippen MR) is 88.1 cm³/mol. The quantitative estimate of drug-likeness (QED) is 0.781. The lowest BCUT2D eigenvalue weighted by molar-refractivity contribution is -0.130. The molecule has 0 radical (unpaired) electrons. The fraction of sp³-hybridized carbons (Fsp3) is 0.938. The SMILES string of the molecule is CC(C)C(N)CCN(C)C(=O)CCC1CCCCC1.Cl. The average Bonchev–Trinajstić information content (AvgIpc) is 2.42. The van der Waals surface area contributed by atoms with Gasteiger partial charge in [0, 0.05) is 26.1 Å². The van der Waals surface area contributed by atoms with Gasteiger partial charge in [0.15, 0.2) is 0 Å². The molecule has 0 aromatic rings. The Kier molecular flexibility index (Phi) is 10.3. The summed E-state index contributed by atoms with van der Waals surface area (Å²) in [5.74, 6) is 1.58. The van der Waals surface area contributed by atoms with Gasteiger partial charge in [-0.1, -0.05) is 46.0 Å². The second-order valence-corrected chi connectivity index (χ2v) is 6.55. The minimum atomic E-state index is 0. The molecule has 1 aliphatic rings. The Morgan fingerprint density at radius 3 is 2.40 bits per heavy atom. The Hall–Kier alpha value is -0.280. The molecule has 1 aliphatic carbocycles. The van der Waals surface area contributed by atoms with E-state index in [-0.39, 0.29) is 18.4 Å². The van der Waals surface area contributed by atoms with Crippen molar-refractivity contribution >= 4 is 18.3 Å². The van der Waals surface area contributed by atoms with Crippen LogP contribution in [0.5, 0.6) is 0 Å². The molecule has 2 N–H and O–H groups in total. The molecule has 4 heteroatoms. The second kappa shape index (κ2) is 10.4. The van der Waals surface area contributed by atoms with E-state index in [0.29, 0.717) is 11.8 Å². The number of amides is 1. The highest BCUT2D eigenvalue weighted by Crippen LogP contribution is 2.27. The molecule has 0 aromatic heterocycles. The monoisotopic (exact) mass is 304 g/mol. The molecule has 1 fully saturated rings. The number of halogens is 1. The standard InChI is InChI=1S/C16H32N2O.ClH/c1-13(2)15(17)11-12-18(3)16(19)10-9-14-7-5-4-6-8-14;/h13-15H,4-12,17H2,1-3H3;1H. The average molecular weight is 305 g/mol. The van der Waals surface area contributed by atoms with Gasteiger partial charge in [-0.2, -0.15) is 0 Å². The lowest BCUT2D eigenvalue weighted by Crippen LogP contribution is -2.34. The summed E-state index contributed by atoms with van der Waals surface area (Å²) >= 11 is 0. The minimum Gasteiger partial charge on any atom is -0.346 e. The molecule has 0 aliphatic heterocycles. The van der Waals surface area contributed by atoms with Crippen LogP contribution in [0.2, 0.25) is 0 Å². The fourth-order valence-corrected chi connectivity index (χ4v) is 2.80. The molecular weight excluding hydrogens is 272 g/mol. The third kappa shape index (κ3) is 7.49. The summed E-state index contributed by atoms with van der Waals surface area (Å²) in [4.78, 5) is 13.9. The molecule has 0 spiro atoms. The van der Waals surface area contributed by atoms with Gasteiger partial charge in [-0.15, -0.1) is 12.4 Å². The predicted octanol–water partition coefficient (Wildman–Crippen LogP) is 3.60. The first-order valence-corrected chi connectivity index (χ1v) is 8.00. The molecule has 120 valence electrons. The molecular formula is C16H33ClN2O. The summed E-state index contributed by atoms with van der Waals surface area (Å²) in [5, 5.41) is 0. The van der Waals surface area contributed by atoms with E-state index in [1.165, 1.54) is 32.1 Å². The molecule has 0 aromatic carbocycles. The number of nitrogens with two attached hydrogens (primary N) is 1. The Labute approximate surface area is 131 Å². The molecule has 3 nitrogen and oxygen atoms in total. The molecule has 1 atom stereocenters. The van der Waals surface area contributed by atoms with Gasteiger partial charge in [-0.3, -0.25) is 4.79 Å². The van der Waals surface area contributed by atoms with E-state index in [1.54, 1.807) is 0 Å². The number of carbonyl (C=O) groups is 1.